The van der Waals surface area contributed by atoms with Crippen LogP contribution in [0, 0.1) is 5.82 Å². The second kappa shape index (κ2) is 6.13. The van der Waals surface area contributed by atoms with Crippen molar-refractivity contribution < 1.29 is 9.18 Å². The van der Waals surface area contributed by atoms with Crippen LogP contribution in [-0.2, 0) is 4.79 Å². The summed E-state index contributed by atoms with van der Waals surface area (Å²) in [5, 5.41) is 6.04. The number of rotatable bonds is 4. The molecule has 0 aliphatic carbocycles. The van der Waals surface area contributed by atoms with E-state index in [1.807, 2.05) is 0 Å². The SMILES string of the molecule is O=C(CNc1ncnc2ccc(F)cc12)Nc1ccccn1. The lowest BCUT2D eigenvalue weighted by Gasteiger charge is -2.08. The molecule has 7 heteroatoms. The number of anilines is 2. The van der Waals surface area contributed by atoms with Crippen LogP contribution in [-0.4, -0.2) is 27.4 Å². The molecule has 6 nitrogen and oxygen atoms in total. The smallest absolute Gasteiger partial charge is 0.244 e. The van der Waals surface area contributed by atoms with E-state index in [4.69, 9.17) is 0 Å². The fourth-order valence-corrected chi connectivity index (χ4v) is 1.96. The minimum atomic E-state index is -0.386. The predicted molar refractivity (Wildman–Crippen MR) is 80.9 cm³/mol. The average Bonchev–Trinajstić information content (AvgIpc) is 2.54. The zero-order chi connectivity index (χ0) is 15.4. The summed E-state index contributed by atoms with van der Waals surface area (Å²) < 4.78 is 13.3. The minimum absolute atomic E-state index is 0.0147. The Balaban J connectivity index is 1.71. The van der Waals surface area contributed by atoms with Crippen molar-refractivity contribution in [1.82, 2.24) is 15.0 Å². The Hall–Kier alpha value is -3.09. The van der Waals surface area contributed by atoms with Crippen LogP contribution in [0.4, 0.5) is 16.0 Å². The predicted octanol–water partition coefficient (Wildman–Crippen LogP) is 2.21. The van der Waals surface area contributed by atoms with Crippen LogP contribution in [0.3, 0.4) is 0 Å². The second-order valence-corrected chi connectivity index (χ2v) is 4.50. The topological polar surface area (TPSA) is 79.8 Å². The number of aromatic nitrogens is 3. The number of hydrogen-bond donors (Lipinski definition) is 2. The third kappa shape index (κ3) is 3.14. The van der Waals surface area contributed by atoms with E-state index in [9.17, 15) is 9.18 Å². The highest BCUT2D eigenvalue weighted by Gasteiger charge is 2.07. The molecule has 2 N–H and O–H groups in total. The Morgan fingerprint density at radius 3 is 2.86 bits per heavy atom. The van der Waals surface area contributed by atoms with Crippen molar-refractivity contribution in [3.8, 4) is 0 Å². The number of fused-ring (bicyclic) bond motifs is 1. The standard InChI is InChI=1S/C15H12FN5O/c16-10-4-5-12-11(7-10)15(20-9-19-12)18-8-14(22)21-13-3-1-2-6-17-13/h1-7,9H,8H2,(H,17,21,22)(H,18,19,20). The van der Waals surface area contributed by atoms with Gasteiger partial charge >= 0.3 is 0 Å². The summed E-state index contributed by atoms with van der Waals surface area (Å²) in [7, 11) is 0. The van der Waals surface area contributed by atoms with Crippen LogP contribution in [0.2, 0.25) is 0 Å². The summed E-state index contributed by atoms with van der Waals surface area (Å²) >= 11 is 0. The Bertz CT molecular complexity index is 809. The molecule has 0 radical (unpaired) electrons. The third-order valence-corrected chi connectivity index (χ3v) is 2.95. The Morgan fingerprint density at radius 1 is 1.14 bits per heavy atom. The number of nitrogens with zero attached hydrogens (tertiary/aromatic N) is 3. The number of benzene rings is 1. The van der Waals surface area contributed by atoms with E-state index in [0.717, 1.165) is 0 Å². The van der Waals surface area contributed by atoms with E-state index in [-0.39, 0.29) is 18.3 Å². The Labute approximate surface area is 125 Å². The summed E-state index contributed by atoms with van der Waals surface area (Å²) in [5.74, 6) is 0.207. The van der Waals surface area contributed by atoms with E-state index in [1.165, 1.54) is 18.5 Å². The molecule has 2 aromatic heterocycles. The fraction of sp³-hybridized carbons (Fsp3) is 0.0667. The van der Waals surface area contributed by atoms with E-state index >= 15 is 0 Å². The van der Waals surface area contributed by atoms with Crippen LogP contribution in [0.25, 0.3) is 10.9 Å². The monoisotopic (exact) mass is 297 g/mol. The highest BCUT2D eigenvalue weighted by molar-refractivity contribution is 5.95. The quantitative estimate of drug-likeness (QED) is 0.772. The van der Waals surface area contributed by atoms with Gasteiger partial charge in [-0.15, -0.1) is 0 Å². The van der Waals surface area contributed by atoms with Gasteiger partial charge in [-0.3, -0.25) is 4.79 Å². The number of halogens is 1. The number of nitrogens with one attached hydrogen (secondary N) is 2. The molecule has 0 spiro atoms. The maximum atomic E-state index is 13.3. The molecule has 0 bridgehead atoms. The van der Waals surface area contributed by atoms with Gasteiger partial charge in [-0.1, -0.05) is 6.07 Å². The molecule has 1 amide bonds. The van der Waals surface area contributed by atoms with E-state index < -0.39 is 0 Å². The molecule has 0 aliphatic rings. The molecule has 0 saturated heterocycles. The van der Waals surface area contributed by atoms with Crippen molar-refractivity contribution in [2.75, 3.05) is 17.2 Å². The lowest BCUT2D eigenvalue weighted by Crippen LogP contribution is -2.22. The van der Waals surface area contributed by atoms with Crippen molar-refractivity contribution in [1.29, 1.82) is 0 Å². The first-order valence-corrected chi connectivity index (χ1v) is 6.57. The van der Waals surface area contributed by atoms with Gasteiger partial charge < -0.3 is 10.6 Å². The second-order valence-electron chi connectivity index (χ2n) is 4.50. The highest BCUT2D eigenvalue weighted by atomic mass is 19.1. The van der Waals surface area contributed by atoms with Gasteiger partial charge in [0, 0.05) is 11.6 Å². The average molecular weight is 297 g/mol. The number of amides is 1. The molecular formula is C15H12FN5O. The molecule has 1 aromatic carbocycles. The van der Waals surface area contributed by atoms with Crippen LogP contribution in [0.15, 0.2) is 48.9 Å². The summed E-state index contributed by atoms with van der Waals surface area (Å²) in [5.41, 5.74) is 0.601. The van der Waals surface area contributed by atoms with Gasteiger partial charge in [-0.2, -0.15) is 0 Å². The first kappa shape index (κ1) is 13.9. The molecular weight excluding hydrogens is 285 g/mol. The van der Waals surface area contributed by atoms with Crippen molar-refractivity contribution in [3.05, 3.63) is 54.7 Å². The summed E-state index contributed by atoms with van der Waals surface area (Å²) in [6, 6.07) is 9.44. The lowest BCUT2D eigenvalue weighted by atomic mass is 10.2. The van der Waals surface area contributed by atoms with Gasteiger partial charge in [-0.25, -0.2) is 19.3 Å². The molecule has 2 heterocycles. The molecule has 3 rings (SSSR count). The maximum Gasteiger partial charge on any atom is 0.244 e. The van der Waals surface area contributed by atoms with Crippen LogP contribution < -0.4 is 10.6 Å². The lowest BCUT2D eigenvalue weighted by molar-refractivity contribution is -0.114. The maximum absolute atomic E-state index is 13.3. The number of carbonyl (C=O) groups excluding carboxylic acids is 1. The van der Waals surface area contributed by atoms with Gasteiger partial charge in [0.05, 0.1) is 12.1 Å². The number of carbonyl (C=O) groups is 1. The summed E-state index contributed by atoms with van der Waals surface area (Å²) in [6.45, 7) is -0.0147. The minimum Gasteiger partial charge on any atom is -0.360 e. The third-order valence-electron chi connectivity index (χ3n) is 2.95. The molecule has 110 valence electrons. The van der Waals surface area contributed by atoms with Crippen LogP contribution >= 0.6 is 0 Å². The summed E-state index contributed by atoms with van der Waals surface area (Å²) in [6.07, 6.45) is 2.95. The number of pyridine rings is 1. The van der Waals surface area contributed by atoms with E-state index in [2.05, 4.69) is 25.6 Å². The first-order valence-electron chi connectivity index (χ1n) is 6.57. The van der Waals surface area contributed by atoms with Gasteiger partial charge in [0.2, 0.25) is 5.91 Å². The van der Waals surface area contributed by atoms with Crippen molar-refractivity contribution in [2.45, 2.75) is 0 Å². The van der Waals surface area contributed by atoms with Gasteiger partial charge in [0.25, 0.3) is 0 Å². The molecule has 0 saturated carbocycles. The molecule has 0 atom stereocenters. The normalized spacial score (nSPS) is 10.4. The van der Waals surface area contributed by atoms with Gasteiger partial charge in [-0.05, 0) is 30.3 Å². The van der Waals surface area contributed by atoms with E-state index in [0.29, 0.717) is 22.5 Å². The molecule has 0 unspecified atom stereocenters. The first-order chi connectivity index (χ1) is 10.7. The van der Waals surface area contributed by atoms with Gasteiger partial charge in [0.1, 0.15) is 23.8 Å². The van der Waals surface area contributed by atoms with Crippen LogP contribution in [0.5, 0.6) is 0 Å². The molecule has 3 aromatic rings. The van der Waals surface area contributed by atoms with Gasteiger partial charge in [0.15, 0.2) is 0 Å². The molecule has 22 heavy (non-hydrogen) atoms. The summed E-state index contributed by atoms with van der Waals surface area (Å²) in [4.78, 5) is 23.9. The van der Waals surface area contributed by atoms with Crippen molar-refractivity contribution in [3.63, 3.8) is 0 Å². The Morgan fingerprint density at radius 2 is 2.05 bits per heavy atom. The molecule has 0 aliphatic heterocycles. The number of hydrogen-bond acceptors (Lipinski definition) is 5. The molecule has 0 fully saturated rings. The fourth-order valence-electron chi connectivity index (χ4n) is 1.96. The van der Waals surface area contributed by atoms with E-state index in [1.54, 1.807) is 30.5 Å². The van der Waals surface area contributed by atoms with Crippen molar-refractivity contribution >= 4 is 28.4 Å². The zero-order valence-electron chi connectivity index (χ0n) is 11.5. The Kier molecular flexibility index (Phi) is 3.86. The van der Waals surface area contributed by atoms with Crippen LogP contribution in [0.1, 0.15) is 0 Å². The van der Waals surface area contributed by atoms with Crippen molar-refractivity contribution in [2.24, 2.45) is 0 Å². The largest absolute Gasteiger partial charge is 0.360 e. The zero-order valence-corrected chi connectivity index (χ0v) is 11.5. The highest BCUT2D eigenvalue weighted by Crippen LogP contribution is 2.19.